The summed E-state index contributed by atoms with van der Waals surface area (Å²) in [7, 11) is 0. The first kappa shape index (κ1) is 21.4. The van der Waals surface area contributed by atoms with Crippen LogP contribution in [0.15, 0.2) is 66.9 Å². The van der Waals surface area contributed by atoms with Crippen LogP contribution in [0.25, 0.3) is 11.1 Å². The molecule has 0 bridgehead atoms. The van der Waals surface area contributed by atoms with Crippen molar-refractivity contribution in [3.63, 3.8) is 0 Å². The Labute approximate surface area is 188 Å². The molecule has 2 aromatic carbocycles. The van der Waals surface area contributed by atoms with Crippen LogP contribution in [0.1, 0.15) is 24.1 Å². The molecular weight excluding hydrogens is 408 g/mol. The van der Waals surface area contributed by atoms with Gasteiger partial charge in [-0.1, -0.05) is 35.7 Å². The van der Waals surface area contributed by atoms with Crippen molar-refractivity contribution < 1.29 is 9.84 Å². The summed E-state index contributed by atoms with van der Waals surface area (Å²) in [6, 6.07) is 19.5. The summed E-state index contributed by atoms with van der Waals surface area (Å²) in [5.41, 5.74) is 3.77. The SMILES string of the molecule is [OH2+]C1CCN(CCOc2ccc(C#Cc3ccc(-c4ccc(Cl)cc4)cn3)cc2)CC1. The standard InChI is InChI=1S/C26H25ClN2O2/c27-23-7-4-21(5-8-23)22-6-10-24(28-19-22)9-1-20-2-11-26(12-3-20)31-18-17-29-15-13-25(30)14-16-29/h2-8,10-12,19,25,30H,13-18H2/p+1. The lowest BCUT2D eigenvalue weighted by atomic mass is 10.1. The molecule has 0 aliphatic carbocycles. The molecule has 2 N–H and O–H groups in total. The Kier molecular flexibility index (Phi) is 7.22. The molecule has 0 amide bonds. The molecule has 1 aliphatic rings. The fraction of sp³-hybridized carbons (Fsp3) is 0.269. The maximum atomic E-state index is 7.76. The number of halogens is 1. The van der Waals surface area contributed by atoms with Gasteiger partial charge in [0, 0.05) is 54.8 Å². The van der Waals surface area contributed by atoms with Crippen LogP contribution in [0.4, 0.5) is 0 Å². The molecule has 1 aromatic heterocycles. The molecule has 1 fully saturated rings. The average Bonchev–Trinajstić information content (AvgIpc) is 2.81. The third-order valence-corrected chi connectivity index (χ3v) is 5.65. The summed E-state index contributed by atoms with van der Waals surface area (Å²) in [6.45, 7) is 3.57. The topological polar surface area (TPSA) is 48.3 Å². The van der Waals surface area contributed by atoms with Gasteiger partial charge in [-0.2, -0.15) is 0 Å². The largest absolute Gasteiger partial charge is 0.492 e. The van der Waals surface area contributed by atoms with E-state index in [9.17, 15) is 0 Å². The monoisotopic (exact) mass is 433 g/mol. The summed E-state index contributed by atoms with van der Waals surface area (Å²) >= 11 is 5.95. The van der Waals surface area contributed by atoms with E-state index < -0.39 is 0 Å². The Morgan fingerprint density at radius 1 is 0.935 bits per heavy atom. The Balaban J connectivity index is 1.28. The summed E-state index contributed by atoms with van der Waals surface area (Å²) in [5, 5.41) is 8.48. The minimum atomic E-state index is 0.113. The Bertz CT molecular complexity index is 1030. The lowest BCUT2D eigenvalue weighted by molar-refractivity contribution is 0.0755. The highest BCUT2D eigenvalue weighted by molar-refractivity contribution is 6.30. The van der Waals surface area contributed by atoms with Gasteiger partial charge in [-0.3, -0.25) is 4.90 Å². The predicted molar refractivity (Wildman–Crippen MR) is 126 cm³/mol. The van der Waals surface area contributed by atoms with Gasteiger partial charge in [0.25, 0.3) is 0 Å². The highest BCUT2D eigenvalue weighted by Gasteiger charge is 2.19. The van der Waals surface area contributed by atoms with E-state index in [-0.39, 0.29) is 6.10 Å². The fourth-order valence-electron chi connectivity index (χ4n) is 3.50. The molecule has 0 radical (unpaired) electrons. The third-order valence-electron chi connectivity index (χ3n) is 5.39. The molecule has 4 nitrogen and oxygen atoms in total. The number of ether oxygens (including phenoxy) is 1. The smallest absolute Gasteiger partial charge is 0.156 e. The zero-order valence-corrected chi connectivity index (χ0v) is 18.1. The number of nitrogens with zero attached hydrogens (tertiary/aromatic N) is 2. The molecular formula is C26H26ClN2O2+. The number of hydrogen-bond donors (Lipinski definition) is 0. The van der Waals surface area contributed by atoms with Gasteiger partial charge in [-0.15, -0.1) is 0 Å². The van der Waals surface area contributed by atoms with Crippen molar-refractivity contribution in [1.29, 1.82) is 0 Å². The Morgan fingerprint density at radius 2 is 1.65 bits per heavy atom. The molecule has 0 saturated carbocycles. The first-order chi connectivity index (χ1) is 15.2. The van der Waals surface area contributed by atoms with E-state index in [0.29, 0.717) is 6.61 Å². The van der Waals surface area contributed by atoms with Crippen molar-refractivity contribution in [3.8, 4) is 28.7 Å². The second kappa shape index (κ2) is 10.5. The first-order valence-electron chi connectivity index (χ1n) is 10.6. The van der Waals surface area contributed by atoms with Crippen LogP contribution in [0.2, 0.25) is 5.02 Å². The second-order valence-corrected chi connectivity index (χ2v) is 8.11. The fourth-order valence-corrected chi connectivity index (χ4v) is 3.63. The first-order valence-corrected chi connectivity index (χ1v) is 10.9. The molecule has 5 heteroatoms. The van der Waals surface area contributed by atoms with Gasteiger partial charge in [0.1, 0.15) is 18.1 Å². The number of piperidine rings is 1. The van der Waals surface area contributed by atoms with E-state index in [1.165, 1.54) is 0 Å². The molecule has 0 unspecified atom stereocenters. The number of benzene rings is 2. The third kappa shape index (κ3) is 6.32. The summed E-state index contributed by atoms with van der Waals surface area (Å²) < 4.78 is 5.86. The molecule has 4 rings (SSSR count). The van der Waals surface area contributed by atoms with E-state index in [2.05, 4.69) is 21.7 Å². The highest BCUT2D eigenvalue weighted by Crippen LogP contribution is 2.20. The summed E-state index contributed by atoms with van der Waals surface area (Å²) in [5.74, 6) is 7.12. The zero-order chi connectivity index (χ0) is 21.5. The number of rotatable bonds is 5. The Morgan fingerprint density at radius 3 is 2.32 bits per heavy atom. The zero-order valence-electron chi connectivity index (χ0n) is 17.4. The van der Waals surface area contributed by atoms with Gasteiger partial charge >= 0.3 is 0 Å². The molecule has 0 atom stereocenters. The van der Waals surface area contributed by atoms with Crippen molar-refractivity contribution in [2.45, 2.75) is 18.9 Å². The molecule has 2 heterocycles. The van der Waals surface area contributed by atoms with Crippen LogP contribution in [0.3, 0.4) is 0 Å². The average molecular weight is 434 g/mol. The number of likely N-dealkylation sites (tertiary alicyclic amines) is 1. The van der Waals surface area contributed by atoms with Gasteiger partial charge in [0.2, 0.25) is 0 Å². The molecule has 3 aromatic rings. The molecule has 0 spiro atoms. The lowest BCUT2D eigenvalue weighted by Gasteiger charge is -2.27. The normalized spacial score (nSPS) is 14.6. The van der Waals surface area contributed by atoms with Crippen LogP contribution in [-0.4, -0.2) is 47.3 Å². The highest BCUT2D eigenvalue weighted by atomic mass is 35.5. The Hall–Kier alpha value is -2.84. The van der Waals surface area contributed by atoms with Crippen molar-refractivity contribution in [2.24, 2.45) is 0 Å². The molecule has 158 valence electrons. The van der Waals surface area contributed by atoms with Crippen LogP contribution in [-0.2, 0) is 0 Å². The second-order valence-electron chi connectivity index (χ2n) is 7.68. The lowest BCUT2D eigenvalue weighted by Crippen LogP contribution is -2.38. The van der Waals surface area contributed by atoms with Gasteiger partial charge in [0.15, 0.2) is 6.10 Å². The van der Waals surface area contributed by atoms with Crippen LogP contribution in [0, 0.1) is 11.8 Å². The van der Waals surface area contributed by atoms with Gasteiger partial charge < -0.3 is 9.84 Å². The number of pyridine rings is 1. The molecule has 1 saturated heterocycles. The van der Waals surface area contributed by atoms with E-state index in [0.717, 1.165) is 65.6 Å². The number of aromatic nitrogens is 1. The molecule has 31 heavy (non-hydrogen) atoms. The minimum Gasteiger partial charge on any atom is -0.492 e. The van der Waals surface area contributed by atoms with Crippen LogP contribution in [0.5, 0.6) is 5.75 Å². The maximum Gasteiger partial charge on any atom is 0.156 e. The van der Waals surface area contributed by atoms with E-state index in [1.54, 1.807) is 0 Å². The minimum absolute atomic E-state index is 0.113. The maximum absolute atomic E-state index is 7.76. The van der Waals surface area contributed by atoms with Crippen molar-refractivity contribution in [1.82, 2.24) is 9.88 Å². The van der Waals surface area contributed by atoms with E-state index in [4.69, 9.17) is 21.4 Å². The van der Waals surface area contributed by atoms with Crippen molar-refractivity contribution in [3.05, 3.63) is 83.1 Å². The van der Waals surface area contributed by atoms with Crippen LogP contribution >= 0.6 is 11.6 Å². The van der Waals surface area contributed by atoms with Gasteiger partial charge in [0.05, 0.1) is 0 Å². The van der Waals surface area contributed by atoms with Crippen molar-refractivity contribution >= 4 is 11.6 Å². The van der Waals surface area contributed by atoms with Gasteiger partial charge in [-0.25, -0.2) is 4.98 Å². The predicted octanol–water partition coefficient (Wildman–Crippen LogP) is 4.37. The van der Waals surface area contributed by atoms with E-state index in [1.807, 2.05) is 66.9 Å². The van der Waals surface area contributed by atoms with Crippen LogP contribution < -0.4 is 4.74 Å². The van der Waals surface area contributed by atoms with Gasteiger partial charge in [-0.05, 0) is 53.9 Å². The molecule has 1 aliphatic heterocycles. The van der Waals surface area contributed by atoms with E-state index >= 15 is 0 Å². The quantitative estimate of drug-likeness (QED) is 0.443. The van der Waals surface area contributed by atoms with Crippen molar-refractivity contribution in [2.75, 3.05) is 26.2 Å². The summed E-state index contributed by atoms with van der Waals surface area (Å²) in [6.07, 6.45) is 3.87. The summed E-state index contributed by atoms with van der Waals surface area (Å²) in [4.78, 5) is 6.82. The number of hydrogen-bond acceptors (Lipinski definition) is 3.